The van der Waals surface area contributed by atoms with Crippen LogP contribution in [0.1, 0.15) is 70.4 Å². The molecule has 4 aromatic rings. The molecule has 2 unspecified atom stereocenters. The highest BCUT2D eigenvalue weighted by Gasteiger charge is 2.45. The van der Waals surface area contributed by atoms with Gasteiger partial charge < -0.3 is 33.0 Å². The number of benzene rings is 2. The molecule has 0 saturated carbocycles. The standard InChI is InChI=1S/C18H17FN4O2S.C15H22ClNO2.C11H13Cl2NO3/c1-4-5-22-13-7-12(11(19)6-14(13)25-9-16(22)24)20-17-23-10-18(2,3)8-15(23)21-26-17;1-5-13-8-6-7-11(2)15(13)17(14(18)9-16)12(3)10-19-4;1-11(2)14(10(15)9(12)13)6-8(17-11)7-4-3-5-16-7/h1,6-7H,5,8-10H2,2-3H3;6-8,12H,5,9-10H2,1-4H3;3-5,8-9H,6H2,1-2H3/b20-17-;;. The van der Waals surface area contributed by atoms with E-state index in [2.05, 4.69) is 42.1 Å². The molecule has 3 aliphatic rings. The Morgan fingerprint density at radius 3 is 2.56 bits per heavy atom. The van der Waals surface area contributed by atoms with E-state index < -0.39 is 16.4 Å². The molecule has 2 aromatic carbocycles. The van der Waals surface area contributed by atoms with E-state index in [1.165, 1.54) is 33.5 Å². The minimum atomic E-state index is -1.08. The van der Waals surface area contributed by atoms with Gasteiger partial charge in [-0.05, 0) is 68.9 Å². The Kier molecular flexibility index (Phi) is 16.3. The van der Waals surface area contributed by atoms with E-state index in [1.54, 1.807) is 38.2 Å². The second kappa shape index (κ2) is 20.8. The Balaban J connectivity index is 0.000000181. The van der Waals surface area contributed by atoms with Gasteiger partial charge in [-0.1, -0.05) is 68.1 Å². The number of rotatable bonds is 10. The Morgan fingerprint density at radius 1 is 1.19 bits per heavy atom. The van der Waals surface area contributed by atoms with Crippen LogP contribution in [0.3, 0.4) is 0 Å². The number of halogens is 4. The van der Waals surface area contributed by atoms with Gasteiger partial charge >= 0.3 is 0 Å². The minimum Gasteiger partial charge on any atom is -0.481 e. The average molecular weight is 934 g/mol. The summed E-state index contributed by atoms with van der Waals surface area (Å²) in [6.45, 7) is 15.6. The van der Waals surface area contributed by atoms with Gasteiger partial charge in [0.1, 0.15) is 40.7 Å². The molecular weight excluding hydrogens is 882 g/mol. The number of carbonyl (C=O) groups is 3. The molecule has 0 N–H and O–H groups in total. The van der Waals surface area contributed by atoms with Gasteiger partial charge in [0, 0.05) is 37.7 Å². The van der Waals surface area contributed by atoms with Crippen molar-refractivity contribution in [1.29, 1.82) is 0 Å². The first kappa shape index (κ1) is 48.6. The van der Waals surface area contributed by atoms with Crippen LogP contribution >= 0.6 is 46.3 Å². The van der Waals surface area contributed by atoms with Crippen molar-refractivity contribution in [2.75, 3.05) is 49.1 Å². The molecule has 1 saturated heterocycles. The van der Waals surface area contributed by atoms with Crippen LogP contribution in [0.25, 0.3) is 0 Å². The normalized spacial score (nSPS) is 17.8. The van der Waals surface area contributed by atoms with Crippen LogP contribution in [0, 0.1) is 30.5 Å². The Hall–Kier alpha value is -4.43. The molecule has 13 nitrogen and oxygen atoms in total. The summed E-state index contributed by atoms with van der Waals surface area (Å²) in [6, 6.07) is 12.4. The van der Waals surface area contributed by atoms with E-state index in [9.17, 15) is 18.8 Å². The lowest BCUT2D eigenvalue weighted by atomic mass is 9.92. The van der Waals surface area contributed by atoms with Crippen molar-refractivity contribution >= 4 is 81.1 Å². The number of carbonyl (C=O) groups excluding carboxylic acids is 3. The molecule has 0 bridgehead atoms. The number of aryl methyl sites for hydroxylation is 2. The van der Waals surface area contributed by atoms with Crippen LogP contribution in [0.15, 0.2) is 58.1 Å². The molecule has 62 heavy (non-hydrogen) atoms. The van der Waals surface area contributed by atoms with Crippen molar-refractivity contribution in [3.8, 4) is 18.1 Å². The average Bonchev–Trinajstić information content (AvgIpc) is 4.02. The third-order valence-corrected chi connectivity index (χ3v) is 11.7. The van der Waals surface area contributed by atoms with Gasteiger partial charge in [0.2, 0.25) is 10.7 Å². The lowest BCUT2D eigenvalue weighted by Gasteiger charge is -2.31. The molecule has 3 amide bonds. The predicted molar refractivity (Wildman–Crippen MR) is 240 cm³/mol. The van der Waals surface area contributed by atoms with Gasteiger partial charge in [0.25, 0.3) is 11.8 Å². The number of ether oxygens (including phenoxy) is 3. The van der Waals surface area contributed by atoms with Crippen LogP contribution in [0.5, 0.6) is 5.75 Å². The molecule has 0 spiro atoms. The summed E-state index contributed by atoms with van der Waals surface area (Å²) in [5.41, 5.74) is 3.15. The van der Waals surface area contributed by atoms with E-state index in [-0.39, 0.29) is 60.0 Å². The number of alkyl halides is 3. The number of hydrogen-bond donors (Lipinski definition) is 0. The smallest absolute Gasteiger partial charge is 0.265 e. The number of methoxy groups -OCH3 is 1. The highest BCUT2D eigenvalue weighted by molar-refractivity contribution is 7.02. The number of furan rings is 1. The molecule has 0 aliphatic carbocycles. The van der Waals surface area contributed by atoms with E-state index in [0.29, 0.717) is 35.2 Å². The lowest BCUT2D eigenvalue weighted by molar-refractivity contribution is -0.144. The number of hydrogen-bond acceptors (Lipinski definition) is 10. The van der Waals surface area contributed by atoms with Crippen molar-refractivity contribution in [3.63, 3.8) is 0 Å². The van der Waals surface area contributed by atoms with E-state index in [4.69, 9.17) is 59.9 Å². The maximum Gasteiger partial charge on any atom is 0.265 e. The maximum absolute atomic E-state index is 14.5. The van der Waals surface area contributed by atoms with Crippen LogP contribution in [-0.2, 0) is 43.2 Å². The van der Waals surface area contributed by atoms with Crippen molar-refractivity contribution in [2.24, 2.45) is 10.4 Å². The molecule has 2 atom stereocenters. The largest absolute Gasteiger partial charge is 0.481 e. The summed E-state index contributed by atoms with van der Waals surface area (Å²) in [4.78, 5) is 44.8. The van der Waals surface area contributed by atoms with Crippen molar-refractivity contribution in [1.82, 2.24) is 13.8 Å². The SMILES string of the molecule is C#CCN1C(=O)COc2cc(F)c(/N=c3\snc4n3CC(C)(C)C4)cc21.CC1(C)OC(c2ccco2)CN1C(=O)C(Cl)Cl.CCc1cccc(C)c1N(C(=O)CCl)C(C)COC. The number of terminal acetylenes is 1. The molecule has 18 heteroatoms. The third kappa shape index (κ3) is 11.2. The highest BCUT2D eigenvalue weighted by Crippen LogP contribution is 2.39. The fourth-order valence-electron chi connectivity index (χ4n) is 7.50. The highest BCUT2D eigenvalue weighted by atomic mass is 35.5. The predicted octanol–water partition coefficient (Wildman–Crippen LogP) is 8.14. The molecule has 334 valence electrons. The minimum absolute atomic E-state index is 0.0223. The topological polar surface area (TPSA) is 132 Å². The summed E-state index contributed by atoms with van der Waals surface area (Å²) >= 11 is 18.2. The summed E-state index contributed by atoms with van der Waals surface area (Å²) in [7, 11) is 1.64. The first-order valence-electron chi connectivity index (χ1n) is 19.9. The van der Waals surface area contributed by atoms with Gasteiger partial charge in [0.15, 0.2) is 17.3 Å². The monoisotopic (exact) mass is 932 g/mol. The molecule has 3 aliphatic heterocycles. The molecule has 5 heterocycles. The van der Waals surface area contributed by atoms with Gasteiger partial charge in [-0.25, -0.2) is 9.38 Å². The Morgan fingerprint density at radius 2 is 1.94 bits per heavy atom. The second-order valence-electron chi connectivity index (χ2n) is 16.1. The number of anilines is 2. The van der Waals surface area contributed by atoms with E-state index in [1.807, 2.05) is 36.6 Å². The van der Waals surface area contributed by atoms with Crippen LogP contribution in [0.4, 0.5) is 21.5 Å². The number of para-hydroxylation sites is 1. The van der Waals surface area contributed by atoms with Crippen molar-refractivity contribution in [3.05, 3.63) is 82.1 Å². The number of fused-ring (bicyclic) bond motifs is 2. The van der Waals surface area contributed by atoms with E-state index in [0.717, 1.165) is 42.0 Å². The van der Waals surface area contributed by atoms with E-state index >= 15 is 0 Å². The number of nitrogens with zero attached hydrogens (tertiary/aromatic N) is 6. The molecular formula is C44H52Cl3FN6O7S. The van der Waals surface area contributed by atoms with Crippen molar-refractivity contribution in [2.45, 2.75) is 90.6 Å². The Bertz CT molecular complexity index is 2340. The maximum atomic E-state index is 14.5. The third-order valence-electron chi connectivity index (χ3n) is 10.4. The zero-order valence-electron chi connectivity index (χ0n) is 36.0. The molecule has 7 rings (SSSR count). The van der Waals surface area contributed by atoms with Gasteiger partial charge in [-0.2, -0.15) is 4.37 Å². The Labute approximate surface area is 380 Å². The van der Waals surface area contributed by atoms with Gasteiger partial charge in [0.05, 0.1) is 43.4 Å². The zero-order chi connectivity index (χ0) is 45.5. The van der Waals surface area contributed by atoms with Gasteiger partial charge in [-0.15, -0.1) is 18.0 Å². The second-order valence-corrected chi connectivity index (χ2v) is 18.2. The number of amides is 3. The van der Waals surface area contributed by atoms with Crippen LogP contribution in [0.2, 0.25) is 0 Å². The summed E-state index contributed by atoms with van der Waals surface area (Å²) in [5.74, 6) is 3.15. The fourth-order valence-corrected chi connectivity index (χ4v) is 8.62. The summed E-state index contributed by atoms with van der Waals surface area (Å²) < 4.78 is 42.5. The van der Waals surface area contributed by atoms with Crippen LogP contribution < -0.4 is 19.3 Å². The fraction of sp³-hybridized carbons (Fsp3) is 0.477. The number of aromatic nitrogens is 2. The van der Waals surface area contributed by atoms with Crippen molar-refractivity contribution < 1.29 is 37.4 Å². The molecule has 2 aromatic heterocycles. The molecule has 1 fully saturated rings. The first-order valence-corrected chi connectivity index (χ1v) is 22.1. The summed E-state index contributed by atoms with van der Waals surface area (Å²) in [5, 5.41) is 0. The van der Waals surface area contributed by atoms with Gasteiger partial charge in [-0.3, -0.25) is 19.3 Å². The first-order chi connectivity index (χ1) is 29.4. The quantitative estimate of drug-likeness (QED) is 0.115. The molecule has 0 radical (unpaired) electrons. The lowest BCUT2D eigenvalue weighted by Crippen LogP contribution is -2.45. The zero-order valence-corrected chi connectivity index (χ0v) is 39.1. The summed E-state index contributed by atoms with van der Waals surface area (Å²) in [6.07, 6.45) is 8.38. The van der Waals surface area contributed by atoms with Crippen LogP contribution in [-0.4, -0.2) is 87.5 Å².